The van der Waals surface area contributed by atoms with Gasteiger partial charge in [-0.1, -0.05) is 42.5 Å². The molecule has 0 aromatic heterocycles. The molecule has 36 heavy (non-hydrogen) atoms. The molecule has 7 nitrogen and oxygen atoms in total. The first-order valence-electron chi connectivity index (χ1n) is 10.8. The van der Waals surface area contributed by atoms with Gasteiger partial charge in [0.05, 0.1) is 22.4 Å². The van der Waals surface area contributed by atoms with Crippen molar-refractivity contribution < 1.29 is 33.4 Å². The van der Waals surface area contributed by atoms with Crippen molar-refractivity contribution in [2.24, 2.45) is 0 Å². The predicted molar refractivity (Wildman–Crippen MR) is 131 cm³/mol. The Balaban J connectivity index is 1.49. The standard InChI is InChI=1S/C28H20FNO6/c29-18-8-7-9-19(16-18)36-25-14-5-3-12-22(25)24(31)17-35-26-15-6-4-13-23(26)30-27(32)20-10-1-2-11-21(20)28(33)34/h1-16H,17H2,(H,30,32)(H,33,34). The van der Waals surface area contributed by atoms with Gasteiger partial charge in [-0.2, -0.15) is 0 Å². The molecular formula is C28H20FNO6. The van der Waals surface area contributed by atoms with E-state index in [0.29, 0.717) is 0 Å². The number of ether oxygens (including phenoxy) is 2. The van der Waals surface area contributed by atoms with Gasteiger partial charge in [-0.05, 0) is 48.5 Å². The number of nitrogens with one attached hydrogen (secondary N) is 1. The normalized spacial score (nSPS) is 10.4. The maximum absolute atomic E-state index is 13.5. The van der Waals surface area contributed by atoms with E-state index in [4.69, 9.17) is 9.47 Å². The number of amides is 1. The number of Topliss-reactive ketones (excluding diaryl/α,β-unsaturated/α-hetero) is 1. The number of anilines is 1. The van der Waals surface area contributed by atoms with E-state index in [9.17, 15) is 23.9 Å². The molecule has 0 saturated carbocycles. The summed E-state index contributed by atoms with van der Waals surface area (Å²) >= 11 is 0. The summed E-state index contributed by atoms with van der Waals surface area (Å²) in [5.41, 5.74) is 0.344. The van der Waals surface area contributed by atoms with Gasteiger partial charge in [0.1, 0.15) is 23.1 Å². The molecule has 0 atom stereocenters. The molecule has 2 N–H and O–H groups in total. The fourth-order valence-electron chi connectivity index (χ4n) is 3.42. The second kappa shape index (κ2) is 11.0. The fraction of sp³-hybridized carbons (Fsp3) is 0.0357. The van der Waals surface area contributed by atoms with Gasteiger partial charge in [0.2, 0.25) is 5.78 Å². The average molecular weight is 485 g/mol. The number of rotatable bonds is 9. The molecular weight excluding hydrogens is 465 g/mol. The molecule has 0 saturated heterocycles. The largest absolute Gasteiger partial charge is 0.483 e. The lowest BCUT2D eigenvalue weighted by Crippen LogP contribution is -2.18. The molecule has 4 aromatic carbocycles. The van der Waals surface area contributed by atoms with Gasteiger partial charge >= 0.3 is 5.97 Å². The third-order valence-corrected chi connectivity index (χ3v) is 5.11. The van der Waals surface area contributed by atoms with Crippen LogP contribution in [-0.4, -0.2) is 29.4 Å². The van der Waals surface area contributed by atoms with Crippen LogP contribution in [0, 0.1) is 5.82 Å². The molecule has 1 amide bonds. The van der Waals surface area contributed by atoms with Crippen LogP contribution in [0.1, 0.15) is 31.1 Å². The number of hydrogen-bond donors (Lipinski definition) is 2. The number of halogens is 1. The van der Waals surface area contributed by atoms with Crippen molar-refractivity contribution >= 4 is 23.3 Å². The molecule has 0 spiro atoms. The van der Waals surface area contributed by atoms with Crippen LogP contribution in [0.4, 0.5) is 10.1 Å². The first-order chi connectivity index (χ1) is 17.4. The van der Waals surface area contributed by atoms with Crippen LogP contribution in [0.25, 0.3) is 0 Å². The lowest BCUT2D eigenvalue weighted by Gasteiger charge is -2.14. The van der Waals surface area contributed by atoms with Crippen molar-refractivity contribution in [1.82, 2.24) is 0 Å². The van der Waals surface area contributed by atoms with Crippen LogP contribution in [0.3, 0.4) is 0 Å². The van der Waals surface area contributed by atoms with E-state index >= 15 is 0 Å². The summed E-state index contributed by atoms with van der Waals surface area (Å²) in [5, 5.41) is 12.0. The minimum Gasteiger partial charge on any atom is -0.483 e. The highest BCUT2D eigenvalue weighted by Crippen LogP contribution is 2.28. The molecule has 4 aromatic rings. The SMILES string of the molecule is O=C(COc1ccccc1NC(=O)c1ccccc1C(=O)O)c1ccccc1Oc1cccc(F)c1. The Hall–Kier alpha value is -4.98. The summed E-state index contributed by atoms with van der Waals surface area (Å²) in [4.78, 5) is 37.1. The third kappa shape index (κ3) is 5.74. The van der Waals surface area contributed by atoms with Crippen LogP contribution in [0.15, 0.2) is 97.1 Å². The van der Waals surface area contributed by atoms with Gasteiger partial charge in [-0.3, -0.25) is 9.59 Å². The summed E-state index contributed by atoms with van der Waals surface area (Å²) in [6.45, 7) is -0.373. The van der Waals surface area contributed by atoms with Gasteiger partial charge in [-0.25, -0.2) is 9.18 Å². The summed E-state index contributed by atoms with van der Waals surface area (Å²) in [6, 6.07) is 24.4. The van der Waals surface area contributed by atoms with Gasteiger partial charge in [0.25, 0.3) is 5.91 Å². The Morgan fingerprint density at radius 1 is 0.750 bits per heavy atom. The van der Waals surface area contributed by atoms with Gasteiger partial charge < -0.3 is 19.9 Å². The number of para-hydroxylation sites is 3. The minimum absolute atomic E-state index is 0.0145. The van der Waals surface area contributed by atoms with E-state index in [-0.39, 0.29) is 46.2 Å². The number of ketones is 1. The Kier molecular flexibility index (Phi) is 7.36. The van der Waals surface area contributed by atoms with E-state index in [1.165, 1.54) is 36.4 Å². The molecule has 0 aliphatic rings. The lowest BCUT2D eigenvalue weighted by atomic mass is 10.1. The highest BCUT2D eigenvalue weighted by molar-refractivity contribution is 6.11. The Bertz CT molecular complexity index is 1430. The van der Waals surface area contributed by atoms with Crippen LogP contribution < -0.4 is 14.8 Å². The second-order valence-corrected chi connectivity index (χ2v) is 7.57. The first kappa shape index (κ1) is 24.2. The molecule has 0 heterocycles. The third-order valence-electron chi connectivity index (χ3n) is 5.11. The molecule has 180 valence electrons. The molecule has 0 unspecified atom stereocenters. The van der Waals surface area contributed by atoms with E-state index < -0.39 is 23.5 Å². The van der Waals surface area contributed by atoms with Crippen molar-refractivity contribution in [3.63, 3.8) is 0 Å². The van der Waals surface area contributed by atoms with E-state index in [1.54, 1.807) is 60.7 Å². The smallest absolute Gasteiger partial charge is 0.336 e. The summed E-state index contributed by atoms with van der Waals surface area (Å²) in [6.07, 6.45) is 0. The average Bonchev–Trinajstić information content (AvgIpc) is 2.88. The number of benzene rings is 4. The van der Waals surface area contributed by atoms with Crippen LogP contribution in [-0.2, 0) is 0 Å². The van der Waals surface area contributed by atoms with Gasteiger partial charge in [0, 0.05) is 6.07 Å². The fourth-order valence-corrected chi connectivity index (χ4v) is 3.42. The maximum atomic E-state index is 13.5. The molecule has 8 heteroatoms. The van der Waals surface area contributed by atoms with E-state index in [2.05, 4.69) is 5.32 Å². The van der Waals surface area contributed by atoms with E-state index in [1.807, 2.05) is 0 Å². The number of hydrogen-bond acceptors (Lipinski definition) is 5. The minimum atomic E-state index is -1.23. The van der Waals surface area contributed by atoms with Crippen LogP contribution in [0.2, 0.25) is 0 Å². The van der Waals surface area contributed by atoms with E-state index in [0.717, 1.165) is 0 Å². The monoisotopic (exact) mass is 485 g/mol. The zero-order chi connectivity index (χ0) is 25.5. The lowest BCUT2D eigenvalue weighted by molar-refractivity contribution is 0.0692. The number of carbonyl (C=O) groups is 3. The first-order valence-corrected chi connectivity index (χ1v) is 10.8. The Morgan fingerprint density at radius 3 is 2.11 bits per heavy atom. The highest BCUT2D eigenvalue weighted by atomic mass is 19.1. The summed E-state index contributed by atoms with van der Waals surface area (Å²) in [7, 11) is 0. The number of carbonyl (C=O) groups excluding carboxylic acids is 2. The Labute approximate surface area is 205 Å². The molecule has 0 aliphatic heterocycles. The topological polar surface area (TPSA) is 102 Å². The molecule has 0 radical (unpaired) electrons. The number of carboxylic acid groups (broad SMARTS) is 1. The molecule has 4 rings (SSSR count). The van der Waals surface area contributed by atoms with Crippen molar-refractivity contribution in [1.29, 1.82) is 0 Å². The second-order valence-electron chi connectivity index (χ2n) is 7.57. The van der Waals surface area contributed by atoms with Crippen molar-refractivity contribution in [3.8, 4) is 17.2 Å². The zero-order valence-corrected chi connectivity index (χ0v) is 18.8. The number of carboxylic acids is 1. The van der Waals surface area contributed by atoms with Crippen molar-refractivity contribution in [3.05, 3.63) is 120 Å². The molecule has 0 bridgehead atoms. The molecule has 0 aliphatic carbocycles. The van der Waals surface area contributed by atoms with Gasteiger partial charge in [-0.15, -0.1) is 0 Å². The van der Waals surface area contributed by atoms with Crippen LogP contribution in [0.5, 0.6) is 17.2 Å². The summed E-state index contributed by atoms with van der Waals surface area (Å²) < 4.78 is 24.9. The maximum Gasteiger partial charge on any atom is 0.336 e. The highest BCUT2D eigenvalue weighted by Gasteiger charge is 2.18. The van der Waals surface area contributed by atoms with Crippen molar-refractivity contribution in [2.75, 3.05) is 11.9 Å². The van der Waals surface area contributed by atoms with Gasteiger partial charge in [0.15, 0.2) is 6.61 Å². The molecule has 0 fully saturated rings. The van der Waals surface area contributed by atoms with Crippen molar-refractivity contribution in [2.45, 2.75) is 0 Å². The quantitative estimate of drug-likeness (QED) is 0.289. The van der Waals surface area contributed by atoms with Crippen LogP contribution >= 0.6 is 0 Å². The Morgan fingerprint density at radius 2 is 1.39 bits per heavy atom. The zero-order valence-electron chi connectivity index (χ0n) is 18.8. The number of aromatic carboxylic acids is 1. The summed E-state index contributed by atoms with van der Waals surface area (Å²) in [5.74, 6) is -2.03. The predicted octanol–water partition coefficient (Wildman–Crippen LogP) is 5.83.